The van der Waals surface area contributed by atoms with E-state index in [0.717, 1.165) is 19.1 Å². The van der Waals surface area contributed by atoms with Gasteiger partial charge in [-0.15, -0.1) is 0 Å². The van der Waals surface area contributed by atoms with E-state index in [1.54, 1.807) is 7.11 Å². The minimum Gasteiger partial charge on any atom is -0.383 e. The number of nitrogens with one attached hydrogen (secondary N) is 1. The Morgan fingerprint density at radius 3 is 2.56 bits per heavy atom. The largest absolute Gasteiger partial charge is 0.383 e. The molecular weight excluding hydrogens is 200 g/mol. The van der Waals surface area contributed by atoms with Crippen LogP contribution in [0.4, 0.5) is 0 Å². The van der Waals surface area contributed by atoms with Crippen molar-refractivity contribution in [2.45, 2.75) is 45.7 Å². The molecule has 0 aromatic rings. The molecule has 96 valence electrons. The molecule has 1 N–H and O–H groups in total. The van der Waals surface area contributed by atoms with E-state index in [0.29, 0.717) is 6.04 Å². The molecule has 0 spiro atoms. The van der Waals surface area contributed by atoms with Gasteiger partial charge in [-0.05, 0) is 39.7 Å². The third kappa shape index (κ3) is 4.81. The summed E-state index contributed by atoms with van der Waals surface area (Å²) < 4.78 is 5.34. The molecule has 1 fully saturated rings. The van der Waals surface area contributed by atoms with Gasteiger partial charge in [-0.3, -0.25) is 4.90 Å². The van der Waals surface area contributed by atoms with E-state index in [4.69, 9.17) is 4.74 Å². The topological polar surface area (TPSA) is 24.5 Å². The molecule has 2 atom stereocenters. The number of nitrogens with zero attached hydrogens (tertiary/aromatic N) is 1. The van der Waals surface area contributed by atoms with Crippen molar-refractivity contribution >= 4 is 0 Å². The maximum absolute atomic E-state index is 5.34. The van der Waals surface area contributed by atoms with Crippen molar-refractivity contribution in [3.05, 3.63) is 0 Å². The van der Waals surface area contributed by atoms with Gasteiger partial charge < -0.3 is 10.1 Å². The van der Waals surface area contributed by atoms with E-state index in [1.807, 2.05) is 0 Å². The second-order valence-electron chi connectivity index (χ2n) is 6.13. The molecule has 0 saturated carbocycles. The van der Waals surface area contributed by atoms with Crippen LogP contribution in [0.5, 0.6) is 0 Å². The first-order valence-corrected chi connectivity index (χ1v) is 6.40. The van der Waals surface area contributed by atoms with Crippen molar-refractivity contribution in [2.75, 3.05) is 33.4 Å². The van der Waals surface area contributed by atoms with Gasteiger partial charge in [0.2, 0.25) is 0 Å². The van der Waals surface area contributed by atoms with Gasteiger partial charge in [-0.1, -0.05) is 6.92 Å². The van der Waals surface area contributed by atoms with Crippen LogP contribution in [0, 0.1) is 5.92 Å². The predicted octanol–water partition coefficient (Wildman–Crippen LogP) is 1.73. The summed E-state index contributed by atoms with van der Waals surface area (Å²) in [5, 5.41) is 3.58. The van der Waals surface area contributed by atoms with Crippen LogP contribution in [0.15, 0.2) is 0 Å². The SMILES string of the molecule is COCC(CNC(C)(C)C)N1CCC(C)C1. The van der Waals surface area contributed by atoms with E-state index in [-0.39, 0.29) is 5.54 Å². The summed E-state index contributed by atoms with van der Waals surface area (Å²) in [7, 11) is 1.80. The summed E-state index contributed by atoms with van der Waals surface area (Å²) >= 11 is 0. The van der Waals surface area contributed by atoms with Crippen LogP contribution in [0.25, 0.3) is 0 Å². The highest BCUT2D eigenvalue weighted by Crippen LogP contribution is 2.18. The first-order valence-electron chi connectivity index (χ1n) is 6.40. The van der Waals surface area contributed by atoms with Crippen molar-refractivity contribution in [3.63, 3.8) is 0 Å². The van der Waals surface area contributed by atoms with Crippen LogP contribution < -0.4 is 5.32 Å². The van der Waals surface area contributed by atoms with Gasteiger partial charge in [0.1, 0.15) is 0 Å². The first-order chi connectivity index (χ1) is 7.42. The second-order valence-corrected chi connectivity index (χ2v) is 6.13. The van der Waals surface area contributed by atoms with Crippen LogP contribution >= 0.6 is 0 Å². The molecule has 1 heterocycles. The third-order valence-electron chi connectivity index (χ3n) is 3.20. The second kappa shape index (κ2) is 5.99. The quantitative estimate of drug-likeness (QED) is 0.775. The molecule has 0 aromatic carbocycles. The van der Waals surface area contributed by atoms with Gasteiger partial charge in [-0.25, -0.2) is 0 Å². The molecule has 0 amide bonds. The average Bonchev–Trinajstić information content (AvgIpc) is 2.57. The Labute approximate surface area is 101 Å². The van der Waals surface area contributed by atoms with Crippen molar-refractivity contribution in [1.29, 1.82) is 0 Å². The average molecular weight is 228 g/mol. The zero-order valence-corrected chi connectivity index (χ0v) is 11.5. The molecule has 1 aliphatic heterocycles. The molecular formula is C13H28N2O. The summed E-state index contributed by atoms with van der Waals surface area (Å²) in [6.07, 6.45) is 1.33. The molecule has 0 radical (unpaired) electrons. The van der Waals surface area contributed by atoms with Crippen LogP contribution in [-0.2, 0) is 4.74 Å². The fourth-order valence-corrected chi connectivity index (χ4v) is 2.21. The van der Waals surface area contributed by atoms with E-state index in [2.05, 4.69) is 37.9 Å². The van der Waals surface area contributed by atoms with Gasteiger partial charge in [0.15, 0.2) is 0 Å². The summed E-state index contributed by atoms with van der Waals surface area (Å²) in [5.41, 5.74) is 0.192. The van der Waals surface area contributed by atoms with Crippen molar-refractivity contribution in [3.8, 4) is 0 Å². The van der Waals surface area contributed by atoms with Crippen LogP contribution in [-0.4, -0.2) is 49.8 Å². The van der Waals surface area contributed by atoms with E-state index >= 15 is 0 Å². The Kier molecular flexibility index (Phi) is 5.22. The summed E-state index contributed by atoms with van der Waals surface area (Å²) in [6.45, 7) is 13.3. The lowest BCUT2D eigenvalue weighted by molar-refractivity contribution is 0.0982. The molecule has 0 aromatic heterocycles. The molecule has 0 bridgehead atoms. The molecule has 1 saturated heterocycles. The molecule has 1 rings (SSSR count). The van der Waals surface area contributed by atoms with Gasteiger partial charge in [0, 0.05) is 31.8 Å². The minimum atomic E-state index is 0.192. The van der Waals surface area contributed by atoms with Crippen LogP contribution in [0.3, 0.4) is 0 Å². The molecule has 1 aliphatic rings. The number of likely N-dealkylation sites (tertiary alicyclic amines) is 1. The Bertz CT molecular complexity index is 201. The Morgan fingerprint density at radius 2 is 2.12 bits per heavy atom. The summed E-state index contributed by atoms with van der Waals surface area (Å²) in [6, 6.07) is 0.522. The lowest BCUT2D eigenvalue weighted by atomic mass is 10.1. The van der Waals surface area contributed by atoms with Gasteiger partial charge >= 0.3 is 0 Å². The van der Waals surface area contributed by atoms with E-state index < -0.39 is 0 Å². The molecule has 3 heteroatoms. The van der Waals surface area contributed by atoms with Crippen molar-refractivity contribution < 1.29 is 4.74 Å². The zero-order chi connectivity index (χ0) is 12.2. The highest BCUT2D eigenvalue weighted by Gasteiger charge is 2.26. The zero-order valence-electron chi connectivity index (χ0n) is 11.5. The Morgan fingerprint density at radius 1 is 1.44 bits per heavy atom. The standard InChI is InChI=1S/C13H28N2O/c1-11-6-7-15(9-11)12(10-16-5)8-14-13(2,3)4/h11-12,14H,6-10H2,1-5H3. The van der Waals surface area contributed by atoms with Gasteiger partial charge in [-0.2, -0.15) is 0 Å². The van der Waals surface area contributed by atoms with E-state index in [1.165, 1.54) is 19.5 Å². The highest BCUT2D eigenvalue weighted by atomic mass is 16.5. The molecule has 16 heavy (non-hydrogen) atoms. The normalized spacial score (nSPS) is 24.9. The highest BCUT2D eigenvalue weighted by molar-refractivity contribution is 4.83. The predicted molar refractivity (Wildman–Crippen MR) is 68.8 cm³/mol. The molecule has 3 nitrogen and oxygen atoms in total. The minimum absolute atomic E-state index is 0.192. The van der Waals surface area contributed by atoms with Gasteiger partial charge in [0.25, 0.3) is 0 Å². The van der Waals surface area contributed by atoms with Gasteiger partial charge in [0.05, 0.1) is 6.61 Å². The molecule has 0 aliphatic carbocycles. The van der Waals surface area contributed by atoms with Crippen molar-refractivity contribution in [2.24, 2.45) is 5.92 Å². The number of methoxy groups -OCH3 is 1. The number of rotatable bonds is 5. The monoisotopic (exact) mass is 228 g/mol. The molecule has 2 unspecified atom stereocenters. The summed E-state index contributed by atoms with van der Waals surface area (Å²) in [5.74, 6) is 0.842. The number of hydrogen-bond acceptors (Lipinski definition) is 3. The number of ether oxygens (including phenoxy) is 1. The maximum atomic E-state index is 5.34. The Hall–Kier alpha value is -0.120. The third-order valence-corrected chi connectivity index (χ3v) is 3.20. The lowest BCUT2D eigenvalue weighted by Gasteiger charge is -2.31. The summed E-state index contributed by atoms with van der Waals surface area (Å²) in [4.78, 5) is 2.56. The lowest BCUT2D eigenvalue weighted by Crippen LogP contribution is -2.48. The first kappa shape index (κ1) is 13.9. The number of hydrogen-bond donors (Lipinski definition) is 1. The fourth-order valence-electron chi connectivity index (χ4n) is 2.21. The van der Waals surface area contributed by atoms with Crippen molar-refractivity contribution in [1.82, 2.24) is 10.2 Å². The van der Waals surface area contributed by atoms with Crippen LogP contribution in [0.2, 0.25) is 0 Å². The van der Waals surface area contributed by atoms with E-state index in [9.17, 15) is 0 Å². The fraction of sp³-hybridized carbons (Fsp3) is 1.00. The van der Waals surface area contributed by atoms with Crippen LogP contribution in [0.1, 0.15) is 34.1 Å². The smallest absolute Gasteiger partial charge is 0.0630 e. The maximum Gasteiger partial charge on any atom is 0.0630 e. The Balaban J connectivity index is 2.41.